The normalized spacial score (nSPS) is 14.0. The molecule has 0 aliphatic rings. The van der Waals surface area contributed by atoms with Gasteiger partial charge in [-0.15, -0.1) is 0 Å². The number of carbonyl (C=O) groups excluding carboxylic acids is 2. The Bertz CT molecular complexity index is 236. The molecule has 2 unspecified atom stereocenters. The number of rotatable bonds is 6. The Morgan fingerprint density at radius 2 is 1.94 bits per heavy atom. The molecule has 3 amide bonds. The van der Waals surface area contributed by atoms with Gasteiger partial charge in [0.25, 0.3) is 0 Å². The Hall–Kier alpha value is -0.750. The summed E-state index contributed by atoms with van der Waals surface area (Å²) in [7, 11) is 1.47. The lowest BCUT2D eigenvalue weighted by Gasteiger charge is -2.14. The molecule has 0 aromatic carbocycles. The predicted octanol–water partition coefficient (Wildman–Crippen LogP) is 0.562. The number of thioether (sulfide) groups is 1. The van der Waals surface area contributed by atoms with Crippen molar-refractivity contribution < 1.29 is 9.59 Å². The number of nitrogens with one attached hydrogen (secondary N) is 3. The van der Waals surface area contributed by atoms with E-state index in [1.54, 1.807) is 18.7 Å². The van der Waals surface area contributed by atoms with Crippen molar-refractivity contribution in [3.63, 3.8) is 0 Å². The van der Waals surface area contributed by atoms with Crippen LogP contribution in [0.5, 0.6) is 0 Å². The van der Waals surface area contributed by atoms with Crippen LogP contribution in [0, 0.1) is 0 Å². The third-order valence-electron chi connectivity index (χ3n) is 2.26. The summed E-state index contributed by atoms with van der Waals surface area (Å²) in [5.41, 5.74) is 0. The molecule has 0 spiro atoms. The summed E-state index contributed by atoms with van der Waals surface area (Å²) in [6, 6.07) is -0.831. The number of hydrogen-bond acceptors (Lipinski definition) is 4. The summed E-state index contributed by atoms with van der Waals surface area (Å²) < 4.78 is 0. The van der Waals surface area contributed by atoms with Gasteiger partial charge in [0, 0.05) is 12.3 Å². The van der Waals surface area contributed by atoms with Gasteiger partial charge in [0.1, 0.15) is 0 Å². The highest BCUT2D eigenvalue weighted by atomic mass is 32.2. The van der Waals surface area contributed by atoms with Gasteiger partial charge in [-0.1, -0.05) is 6.92 Å². The smallest absolute Gasteiger partial charge is 0.321 e. The highest BCUT2D eigenvalue weighted by Gasteiger charge is 2.14. The first kappa shape index (κ1) is 15.2. The van der Waals surface area contributed by atoms with Crippen LogP contribution in [0.4, 0.5) is 4.79 Å². The first-order valence-corrected chi connectivity index (χ1v) is 6.58. The molecule has 0 radical (unpaired) electrons. The molecule has 94 valence electrons. The largest absolute Gasteiger partial charge is 0.341 e. The molecule has 0 aromatic heterocycles. The van der Waals surface area contributed by atoms with E-state index in [4.69, 9.17) is 0 Å². The van der Waals surface area contributed by atoms with E-state index in [9.17, 15) is 9.59 Å². The molecule has 0 fully saturated rings. The molecule has 5 nitrogen and oxygen atoms in total. The first-order chi connectivity index (χ1) is 7.51. The molecular formula is C10H21N3O2S. The summed E-state index contributed by atoms with van der Waals surface area (Å²) in [6.07, 6.45) is 3.06. The predicted molar refractivity (Wildman–Crippen MR) is 67.7 cm³/mol. The maximum atomic E-state index is 11.4. The van der Waals surface area contributed by atoms with E-state index in [1.807, 2.05) is 0 Å². The molecule has 16 heavy (non-hydrogen) atoms. The standard InChI is InChI=1S/C10H21N3O2S/c1-7(16-4)5-6-12-8(2)9(14)13-10(15)11-3/h7-8,12H,5-6H2,1-4H3,(H2,11,13,14,15). The van der Waals surface area contributed by atoms with Crippen LogP contribution in [-0.2, 0) is 4.79 Å². The lowest BCUT2D eigenvalue weighted by Crippen LogP contribution is -2.47. The highest BCUT2D eigenvalue weighted by Crippen LogP contribution is 2.07. The zero-order valence-corrected chi connectivity index (χ0v) is 11.1. The summed E-state index contributed by atoms with van der Waals surface area (Å²) in [5, 5.41) is 8.20. The fourth-order valence-corrected chi connectivity index (χ4v) is 1.35. The van der Waals surface area contributed by atoms with Crippen molar-refractivity contribution in [2.45, 2.75) is 31.6 Å². The second-order valence-electron chi connectivity index (χ2n) is 3.58. The Kier molecular flexibility index (Phi) is 8.01. The van der Waals surface area contributed by atoms with Crippen LogP contribution in [0.25, 0.3) is 0 Å². The number of urea groups is 1. The molecule has 0 heterocycles. The van der Waals surface area contributed by atoms with E-state index in [-0.39, 0.29) is 11.9 Å². The molecule has 0 aromatic rings. The second kappa shape index (κ2) is 8.41. The number of amides is 3. The topological polar surface area (TPSA) is 70.2 Å². The van der Waals surface area contributed by atoms with Gasteiger partial charge in [-0.25, -0.2) is 4.79 Å². The van der Waals surface area contributed by atoms with E-state index in [0.717, 1.165) is 13.0 Å². The minimum atomic E-state index is -0.476. The lowest BCUT2D eigenvalue weighted by atomic mass is 10.2. The van der Waals surface area contributed by atoms with Gasteiger partial charge < -0.3 is 10.6 Å². The number of imide groups is 1. The van der Waals surface area contributed by atoms with Crippen LogP contribution in [0.2, 0.25) is 0 Å². The lowest BCUT2D eigenvalue weighted by molar-refractivity contribution is -0.121. The van der Waals surface area contributed by atoms with Crippen LogP contribution in [0.1, 0.15) is 20.3 Å². The van der Waals surface area contributed by atoms with Crippen LogP contribution < -0.4 is 16.0 Å². The Balaban J connectivity index is 3.75. The maximum absolute atomic E-state index is 11.4. The van der Waals surface area contributed by atoms with Gasteiger partial charge in [-0.2, -0.15) is 11.8 Å². The first-order valence-electron chi connectivity index (χ1n) is 5.30. The van der Waals surface area contributed by atoms with E-state index in [2.05, 4.69) is 29.1 Å². The third kappa shape index (κ3) is 6.68. The van der Waals surface area contributed by atoms with Crippen molar-refractivity contribution in [3.05, 3.63) is 0 Å². The highest BCUT2D eigenvalue weighted by molar-refractivity contribution is 7.99. The van der Waals surface area contributed by atoms with Gasteiger partial charge in [-0.3, -0.25) is 10.1 Å². The third-order valence-corrected chi connectivity index (χ3v) is 3.30. The number of carbonyl (C=O) groups is 2. The molecule has 0 rings (SSSR count). The average molecular weight is 247 g/mol. The van der Waals surface area contributed by atoms with Gasteiger partial charge in [-0.05, 0) is 26.1 Å². The van der Waals surface area contributed by atoms with Crippen molar-refractivity contribution in [1.82, 2.24) is 16.0 Å². The van der Waals surface area contributed by atoms with E-state index in [1.165, 1.54) is 7.05 Å². The van der Waals surface area contributed by atoms with Crippen LogP contribution in [-0.4, -0.2) is 43.1 Å². The molecule has 0 aliphatic carbocycles. The van der Waals surface area contributed by atoms with E-state index in [0.29, 0.717) is 5.25 Å². The number of hydrogen-bond donors (Lipinski definition) is 3. The minimum Gasteiger partial charge on any atom is -0.341 e. The summed E-state index contributed by atoms with van der Waals surface area (Å²) >= 11 is 1.79. The van der Waals surface area contributed by atoms with Crippen molar-refractivity contribution in [2.24, 2.45) is 0 Å². The summed E-state index contributed by atoms with van der Waals surface area (Å²) in [6.45, 7) is 4.65. The van der Waals surface area contributed by atoms with Crippen molar-refractivity contribution in [2.75, 3.05) is 19.8 Å². The Labute approximate surface area is 101 Å². The molecule has 0 saturated carbocycles. The summed E-state index contributed by atoms with van der Waals surface area (Å²) in [4.78, 5) is 22.3. The average Bonchev–Trinajstić information content (AvgIpc) is 2.28. The molecule has 2 atom stereocenters. The van der Waals surface area contributed by atoms with Gasteiger partial charge in [0.15, 0.2) is 0 Å². The zero-order valence-electron chi connectivity index (χ0n) is 10.3. The fraction of sp³-hybridized carbons (Fsp3) is 0.800. The SMILES string of the molecule is CNC(=O)NC(=O)C(C)NCCC(C)SC. The van der Waals surface area contributed by atoms with Crippen molar-refractivity contribution in [1.29, 1.82) is 0 Å². The molecule has 0 bridgehead atoms. The van der Waals surface area contributed by atoms with E-state index < -0.39 is 6.03 Å². The second-order valence-corrected chi connectivity index (χ2v) is 4.86. The van der Waals surface area contributed by atoms with Crippen molar-refractivity contribution in [3.8, 4) is 0 Å². The van der Waals surface area contributed by atoms with Crippen molar-refractivity contribution >= 4 is 23.7 Å². The fourth-order valence-electron chi connectivity index (χ4n) is 0.996. The van der Waals surface area contributed by atoms with Crippen LogP contribution >= 0.6 is 11.8 Å². The van der Waals surface area contributed by atoms with Gasteiger partial charge in [0.05, 0.1) is 6.04 Å². The Morgan fingerprint density at radius 3 is 2.44 bits per heavy atom. The van der Waals surface area contributed by atoms with Crippen LogP contribution in [0.3, 0.4) is 0 Å². The zero-order chi connectivity index (χ0) is 12.6. The van der Waals surface area contributed by atoms with Gasteiger partial charge >= 0.3 is 6.03 Å². The van der Waals surface area contributed by atoms with Gasteiger partial charge in [0.2, 0.25) is 5.91 Å². The van der Waals surface area contributed by atoms with Crippen LogP contribution in [0.15, 0.2) is 0 Å². The summed E-state index contributed by atoms with van der Waals surface area (Å²) in [5.74, 6) is -0.309. The molecule has 0 aliphatic heterocycles. The molecule has 0 saturated heterocycles. The quantitative estimate of drug-likeness (QED) is 0.641. The molecule has 3 N–H and O–H groups in total. The monoisotopic (exact) mass is 247 g/mol. The van der Waals surface area contributed by atoms with E-state index >= 15 is 0 Å². The molecular weight excluding hydrogens is 226 g/mol. The molecule has 6 heteroatoms. The maximum Gasteiger partial charge on any atom is 0.321 e. The minimum absolute atomic E-state index is 0.309. The Morgan fingerprint density at radius 1 is 1.31 bits per heavy atom.